The van der Waals surface area contributed by atoms with Gasteiger partial charge < -0.3 is 10.1 Å². The van der Waals surface area contributed by atoms with Crippen LogP contribution in [0.4, 0.5) is 27.6 Å². The van der Waals surface area contributed by atoms with Crippen LogP contribution in [0.5, 0.6) is 5.75 Å². The highest BCUT2D eigenvalue weighted by atomic mass is 35.5. The second kappa shape index (κ2) is 8.22. The van der Waals surface area contributed by atoms with Crippen LogP contribution in [0.15, 0.2) is 48.5 Å². The molecule has 0 aliphatic carbocycles. The minimum atomic E-state index is -4.46. The van der Waals surface area contributed by atoms with E-state index >= 15 is 0 Å². The Morgan fingerprint density at radius 1 is 1.03 bits per heavy atom. The number of carbonyl (C=O) groups is 1. The van der Waals surface area contributed by atoms with Gasteiger partial charge in [0, 0.05) is 22.9 Å². The molecule has 7 nitrogen and oxygen atoms in total. The lowest BCUT2D eigenvalue weighted by Gasteiger charge is -2.11. The van der Waals surface area contributed by atoms with Crippen LogP contribution < -0.4 is 10.1 Å². The van der Waals surface area contributed by atoms with Crippen molar-refractivity contribution in [3.05, 3.63) is 54.1 Å². The molecule has 0 aliphatic heterocycles. The molecule has 0 unspecified atom stereocenters. The predicted octanol–water partition coefficient (Wildman–Crippen LogP) is 4.17. The first kappa shape index (κ1) is 21.4. The fourth-order valence-corrected chi connectivity index (χ4v) is 2.39. The summed E-state index contributed by atoms with van der Waals surface area (Å²) in [5.41, 5.74) is -4.09. The van der Waals surface area contributed by atoms with E-state index in [2.05, 4.69) is 37.1 Å². The maximum absolute atomic E-state index is 12.6. The molecule has 0 fully saturated rings. The number of amides is 1. The van der Waals surface area contributed by atoms with E-state index in [0.717, 1.165) is 16.9 Å². The maximum Gasteiger partial charge on any atom is 0.487 e. The molecule has 1 N–H and O–H groups in total. The average Bonchev–Trinajstić information content (AvgIpc) is 3.10. The summed E-state index contributed by atoms with van der Waals surface area (Å²) < 4.78 is 67.1. The van der Waals surface area contributed by atoms with Gasteiger partial charge in [0.2, 0.25) is 11.7 Å². The van der Waals surface area contributed by atoms with Gasteiger partial charge in [0.15, 0.2) is 0 Å². The molecular formula is C17H11ClF5N5O2. The van der Waals surface area contributed by atoms with E-state index < -0.39 is 23.2 Å². The Bertz CT molecular complexity index is 1020. The third-order valence-corrected chi connectivity index (χ3v) is 3.66. The zero-order valence-electron chi connectivity index (χ0n) is 14.7. The summed E-state index contributed by atoms with van der Waals surface area (Å²) in [6, 6.07) is 9.16. The molecule has 0 atom stereocenters. The maximum atomic E-state index is 12.6. The Morgan fingerprint density at radius 2 is 1.67 bits per heavy atom. The molecule has 3 rings (SSSR count). The van der Waals surface area contributed by atoms with E-state index in [0.29, 0.717) is 5.56 Å². The lowest BCUT2D eigenvalue weighted by Crippen LogP contribution is -2.20. The first-order valence-corrected chi connectivity index (χ1v) is 8.48. The second-order valence-electron chi connectivity index (χ2n) is 5.84. The lowest BCUT2D eigenvalue weighted by molar-refractivity contribution is -0.137. The van der Waals surface area contributed by atoms with Crippen molar-refractivity contribution >= 4 is 23.2 Å². The van der Waals surface area contributed by atoms with Crippen molar-refractivity contribution in [1.29, 1.82) is 0 Å². The summed E-state index contributed by atoms with van der Waals surface area (Å²) in [5, 5.41) is 13.8. The van der Waals surface area contributed by atoms with Gasteiger partial charge >= 0.3 is 11.7 Å². The van der Waals surface area contributed by atoms with Gasteiger partial charge in [0.05, 0.1) is 5.56 Å². The number of carbonyl (C=O) groups excluding carboxylic acids is 1. The van der Waals surface area contributed by atoms with Crippen molar-refractivity contribution in [3.8, 4) is 17.1 Å². The summed E-state index contributed by atoms with van der Waals surface area (Å²) in [5.74, 6) is -0.713. The Kier molecular flexibility index (Phi) is 5.87. The highest BCUT2D eigenvalue weighted by molar-refractivity contribution is 6.20. The van der Waals surface area contributed by atoms with Crippen molar-refractivity contribution in [2.45, 2.75) is 18.3 Å². The van der Waals surface area contributed by atoms with Crippen molar-refractivity contribution in [3.63, 3.8) is 0 Å². The molecule has 0 bridgehead atoms. The summed E-state index contributed by atoms with van der Waals surface area (Å²) in [7, 11) is 0. The Labute approximate surface area is 170 Å². The quantitative estimate of drug-likeness (QED) is 0.453. The van der Waals surface area contributed by atoms with Crippen molar-refractivity contribution in [1.82, 2.24) is 20.2 Å². The largest absolute Gasteiger partial charge is 0.487 e. The summed E-state index contributed by atoms with van der Waals surface area (Å²) in [6.07, 6.45) is -4.46. The van der Waals surface area contributed by atoms with Gasteiger partial charge in [-0.2, -0.15) is 18.0 Å². The number of alkyl halides is 6. The van der Waals surface area contributed by atoms with E-state index in [1.807, 2.05) is 0 Å². The number of halogens is 6. The van der Waals surface area contributed by atoms with E-state index in [-0.39, 0.29) is 23.8 Å². The van der Waals surface area contributed by atoms with Crippen molar-refractivity contribution in [2.75, 3.05) is 5.32 Å². The molecule has 2 aromatic carbocycles. The zero-order valence-corrected chi connectivity index (χ0v) is 15.5. The highest BCUT2D eigenvalue weighted by Gasteiger charge is 2.30. The Morgan fingerprint density at radius 3 is 2.23 bits per heavy atom. The van der Waals surface area contributed by atoms with Gasteiger partial charge in [-0.1, -0.05) is 12.1 Å². The fourth-order valence-electron chi connectivity index (χ4n) is 2.30. The van der Waals surface area contributed by atoms with Gasteiger partial charge in [0.25, 0.3) is 0 Å². The van der Waals surface area contributed by atoms with Gasteiger partial charge in [0.1, 0.15) is 12.3 Å². The molecule has 0 spiro atoms. The number of benzene rings is 2. The molecule has 1 aromatic heterocycles. The van der Waals surface area contributed by atoms with Gasteiger partial charge in [-0.05, 0) is 41.6 Å². The second-order valence-corrected chi connectivity index (χ2v) is 6.28. The standard InChI is InChI=1S/C17H11ClF5N5O2/c18-17(22,23)30-13-7-5-12(6-8-13)24-14(29)9-28-26-15(25-27-28)10-1-3-11(4-2-10)16(19,20)21/h1-8H,9H2,(H,24,29). The normalized spacial score (nSPS) is 11.9. The number of aromatic nitrogens is 4. The summed E-state index contributed by atoms with van der Waals surface area (Å²) in [6.45, 7) is -0.342. The lowest BCUT2D eigenvalue weighted by atomic mass is 10.1. The summed E-state index contributed by atoms with van der Waals surface area (Å²) in [4.78, 5) is 13.0. The third kappa shape index (κ3) is 5.86. The van der Waals surface area contributed by atoms with Gasteiger partial charge in [-0.15, -0.1) is 19.0 Å². The molecule has 13 heteroatoms. The monoisotopic (exact) mass is 447 g/mol. The number of ether oxygens (including phenoxy) is 1. The first-order chi connectivity index (χ1) is 14.0. The number of hydrogen-bond acceptors (Lipinski definition) is 5. The van der Waals surface area contributed by atoms with E-state index in [1.54, 1.807) is 0 Å². The van der Waals surface area contributed by atoms with Crippen molar-refractivity contribution in [2.24, 2.45) is 0 Å². The van der Waals surface area contributed by atoms with Crippen LogP contribution in [0.1, 0.15) is 5.56 Å². The zero-order chi connectivity index (χ0) is 21.9. The Hall–Kier alpha value is -3.28. The van der Waals surface area contributed by atoms with Crippen molar-refractivity contribution < 1.29 is 31.5 Å². The smallest absolute Gasteiger partial charge is 0.420 e. The highest BCUT2D eigenvalue weighted by Crippen LogP contribution is 2.30. The number of rotatable bonds is 6. The van der Waals surface area contributed by atoms with E-state index in [1.165, 1.54) is 36.4 Å². The fraction of sp³-hybridized carbons (Fsp3) is 0.176. The van der Waals surface area contributed by atoms with Gasteiger partial charge in [-0.25, -0.2) is 0 Å². The molecular weight excluding hydrogens is 437 g/mol. The molecule has 158 valence electrons. The SMILES string of the molecule is O=C(Cn1nnc(-c2ccc(C(F)(F)F)cc2)n1)Nc1ccc(OC(F)(F)Cl)cc1. The molecule has 1 heterocycles. The van der Waals surface area contributed by atoms with Crippen LogP contribution in [0.3, 0.4) is 0 Å². The topological polar surface area (TPSA) is 81.9 Å². The minimum Gasteiger partial charge on any atom is -0.420 e. The molecule has 0 saturated carbocycles. The third-order valence-electron chi connectivity index (χ3n) is 3.58. The molecule has 30 heavy (non-hydrogen) atoms. The number of nitrogens with zero attached hydrogens (tertiary/aromatic N) is 4. The van der Waals surface area contributed by atoms with Crippen LogP contribution in [0.25, 0.3) is 11.4 Å². The minimum absolute atomic E-state index is 0.0417. The molecule has 0 radical (unpaired) electrons. The van der Waals surface area contributed by atoms with Crippen LogP contribution in [0.2, 0.25) is 0 Å². The van der Waals surface area contributed by atoms with Crippen LogP contribution in [-0.4, -0.2) is 31.7 Å². The van der Waals surface area contributed by atoms with Crippen LogP contribution >= 0.6 is 11.6 Å². The predicted molar refractivity (Wildman–Crippen MR) is 94.8 cm³/mol. The molecule has 0 saturated heterocycles. The van der Waals surface area contributed by atoms with Gasteiger partial charge in [-0.3, -0.25) is 4.79 Å². The Balaban J connectivity index is 1.60. The van der Waals surface area contributed by atoms with E-state index in [9.17, 15) is 26.7 Å². The summed E-state index contributed by atoms with van der Waals surface area (Å²) >= 11 is 4.66. The molecule has 3 aromatic rings. The van der Waals surface area contributed by atoms with E-state index in [4.69, 9.17) is 0 Å². The molecule has 1 amide bonds. The first-order valence-electron chi connectivity index (χ1n) is 8.11. The molecule has 0 aliphatic rings. The number of hydrogen-bond donors (Lipinski definition) is 1. The number of anilines is 1. The van der Waals surface area contributed by atoms with Crippen LogP contribution in [0, 0.1) is 0 Å². The number of tetrazole rings is 1. The average molecular weight is 448 g/mol. The number of nitrogens with one attached hydrogen (secondary N) is 1. The van der Waals surface area contributed by atoms with Crippen LogP contribution in [-0.2, 0) is 17.5 Å².